The lowest BCUT2D eigenvalue weighted by Gasteiger charge is -2.22. The van der Waals surface area contributed by atoms with Crippen LogP contribution in [0.1, 0.15) is 46.5 Å². The summed E-state index contributed by atoms with van der Waals surface area (Å²) in [6.07, 6.45) is 2.14. The number of carbonyl (C=O) groups is 1. The van der Waals surface area contributed by atoms with Crippen LogP contribution in [0, 0.1) is 0 Å². The van der Waals surface area contributed by atoms with Gasteiger partial charge in [-0.3, -0.25) is 4.79 Å². The third-order valence-electron chi connectivity index (χ3n) is 2.71. The Balaban J connectivity index is 4.09. The van der Waals surface area contributed by atoms with E-state index in [1.807, 2.05) is 6.92 Å². The zero-order valence-corrected chi connectivity index (χ0v) is 11.3. The maximum absolute atomic E-state index is 11.7. The number of hydrogen-bond donors (Lipinski definition) is 1. The summed E-state index contributed by atoms with van der Waals surface area (Å²) in [6.45, 7) is 5.30. The molecule has 0 rings (SSSR count). The fourth-order valence-electron chi connectivity index (χ4n) is 1.54. The molecular weight excluding hydrogens is 226 g/mol. The molecule has 0 saturated heterocycles. The molecule has 0 amide bonds. The molecule has 0 aromatic heterocycles. The van der Waals surface area contributed by atoms with Crippen molar-refractivity contribution in [1.29, 1.82) is 0 Å². The third kappa shape index (κ3) is 5.61. The van der Waals surface area contributed by atoms with Crippen LogP contribution in [0.5, 0.6) is 0 Å². The van der Waals surface area contributed by atoms with Crippen LogP contribution in [0.3, 0.4) is 0 Å². The van der Waals surface area contributed by atoms with E-state index in [0.29, 0.717) is 12.8 Å². The molecule has 0 aromatic carbocycles. The monoisotopic (exact) mass is 249 g/mol. The lowest BCUT2D eigenvalue weighted by Crippen LogP contribution is -2.44. The molecule has 0 aromatic rings. The molecule has 0 saturated carbocycles. The third-order valence-corrected chi connectivity index (χ3v) is 4.50. The molecule has 0 aliphatic rings. The fourth-order valence-corrected chi connectivity index (χ4v) is 2.41. The second kappa shape index (κ2) is 6.35. The van der Waals surface area contributed by atoms with Crippen molar-refractivity contribution in [3.8, 4) is 0 Å². The lowest BCUT2D eigenvalue weighted by molar-refractivity contribution is -0.123. The summed E-state index contributed by atoms with van der Waals surface area (Å²) in [6, 6.07) is 0. The van der Waals surface area contributed by atoms with Gasteiger partial charge in [0.15, 0.2) is 5.78 Å². The summed E-state index contributed by atoms with van der Waals surface area (Å²) in [5, 5.41) is 0. The molecule has 16 heavy (non-hydrogen) atoms. The highest BCUT2D eigenvalue weighted by atomic mass is 32.2. The summed E-state index contributed by atoms with van der Waals surface area (Å²) in [7, 11) is -2.97. The standard InChI is InChI=1S/C11H23NO3S/c1-4-8-11(3,12)10(13)7-6-9-16(14,15)5-2/h4-9,12H2,1-3H3. The molecular formula is C11H23NO3S. The highest BCUT2D eigenvalue weighted by molar-refractivity contribution is 7.91. The van der Waals surface area contributed by atoms with Crippen molar-refractivity contribution < 1.29 is 13.2 Å². The quantitative estimate of drug-likeness (QED) is 0.703. The first-order valence-corrected chi connectivity index (χ1v) is 7.60. The molecule has 0 aliphatic carbocycles. The van der Waals surface area contributed by atoms with Gasteiger partial charge in [-0.1, -0.05) is 20.3 Å². The van der Waals surface area contributed by atoms with E-state index in [9.17, 15) is 13.2 Å². The van der Waals surface area contributed by atoms with E-state index in [-0.39, 0.29) is 23.7 Å². The molecule has 1 unspecified atom stereocenters. The molecule has 0 radical (unpaired) electrons. The summed E-state index contributed by atoms with van der Waals surface area (Å²) in [5.74, 6) is 0.175. The van der Waals surface area contributed by atoms with Crippen molar-refractivity contribution in [1.82, 2.24) is 0 Å². The van der Waals surface area contributed by atoms with Gasteiger partial charge in [0.05, 0.1) is 11.3 Å². The Hall–Kier alpha value is -0.420. The molecule has 4 nitrogen and oxygen atoms in total. The summed E-state index contributed by atoms with van der Waals surface area (Å²) in [4.78, 5) is 11.7. The number of nitrogens with two attached hydrogens (primary N) is 1. The first-order valence-electron chi connectivity index (χ1n) is 5.77. The zero-order chi connectivity index (χ0) is 12.8. The van der Waals surface area contributed by atoms with Crippen LogP contribution in [0.4, 0.5) is 0 Å². The van der Waals surface area contributed by atoms with Crippen molar-refractivity contribution in [2.24, 2.45) is 5.73 Å². The van der Waals surface area contributed by atoms with Crippen LogP contribution in [0.2, 0.25) is 0 Å². The minimum absolute atomic E-state index is 0.0411. The van der Waals surface area contributed by atoms with Crippen molar-refractivity contribution in [3.05, 3.63) is 0 Å². The van der Waals surface area contributed by atoms with E-state index < -0.39 is 15.4 Å². The SMILES string of the molecule is CCCC(C)(N)C(=O)CCCS(=O)(=O)CC. The van der Waals surface area contributed by atoms with Gasteiger partial charge in [-0.2, -0.15) is 0 Å². The van der Waals surface area contributed by atoms with E-state index in [1.165, 1.54) is 0 Å². The van der Waals surface area contributed by atoms with E-state index in [2.05, 4.69) is 0 Å². The fraction of sp³-hybridized carbons (Fsp3) is 0.909. The van der Waals surface area contributed by atoms with Gasteiger partial charge in [-0.25, -0.2) is 8.42 Å². The molecule has 96 valence electrons. The average molecular weight is 249 g/mol. The predicted molar refractivity (Wildman–Crippen MR) is 66.1 cm³/mol. The van der Waals surface area contributed by atoms with Gasteiger partial charge in [0.1, 0.15) is 9.84 Å². The van der Waals surface area contributed by atoms with Gasteiger partial charge in [-0.05, 0) is 19.8 Å². The molecule has 0 spiro atoms. The highest BCUT2D eigenvalue weighted by Gasteiger charge is 2.26. The predicted octanol–water partition coefficient (Wildman–Crippen LogP) is 1.29. The van der Waals surface area contributed by atoms with E-state index in [4.69, 9.17) is 5.73 Å². The van der Waals surface area contributed by atoms with E-state index in [1.54, 1.807) is 13.8 Å². The van der Waals surface area contributed by atoms with Crippen LogP contribution in [-0.4, -0.2) is 31.2 Å². The molecule has 5 heteroatoms. The van der Waals surface area contributed by atoms with Crippen LogP contribution < -0.4 is 5.73 Å². The van der Waals surface area contributed by atoms with Crippen LogP contribution in [0.15, 0.2) is 0 Å². The van der Waals surface area contributed by atoms with Gasteiger partial charge >= 0.3 is 0 Å². The first-order chi connectivity index (χ1) is 7.25. The second-order valence-electron chi connectivity index (χ2n) is 4.43. The number of rotatable bonds is 8. The number of Topliss-reactive ketones (excluding diaryl/α,β-unsaturated/α-hetero) is 1. The summed E-state index contributed by atoms with van der Waals surface area (Å²) >= 11 is 0. The minimum atomic E-state index is -2.97. The smallest absolute Gasteiger partial charge is 0.152 e. The van der Waals surface area contributed by atoms with Gasteiger partial charge in [0, 0.05) is 12.2 Å². The molecule has 2 N–H and O–H groups in total. The first kappa shape index (κ1) is 15.6. The Bertz CT molecular complexity index is 320. The van der Waals surface area contributed by atoms with Gasteiger partial charge in [0.2, 0.25) is 0 Å². The Kier molecular flexibility index (Phi) is 6.18. The van der Waals surface area contributed by atoms with Crippen LogP contribution in [0.25, 0.3) is 0 Å². The summed E-state index contributed by atoms with van der Waals surface area (Å²) in [5.41, 5.74) is 5.05. The van der Waals surface area contributed by atoms with Crippen LogP contribution in [-0.2, 0) is 14.6 Å². The Morgan fingerprint density at radius 1 is 1.31 bits per heavy atom. The van der Waals surface area contributed by atoms with Crippen molar-refractivity contribution >= 4 is 15.6 Å². The Morgan fingerprint density at radius 3 is 2.31 bits per heavy atom. The van der Waals surface area contributed by atoms with Gasteiger partial charge < -0.3 is 5.73 Å². The number of hydrogen-bond acceptors (Lipinski definition) is 4. The Labute approximate surface area is 98.5 Å². The van der Waals surface area contributed by atoms with Crippen molar-refractivity contribution in [3.63, 3.8) is 0 Å². The average Bonchev–Trinajstić information content (AvgIpc) is 2.17. The largest absolute Gasteiger partial charge is 0.319 e. The zero-order valence-electron chi connectivity index (χ0n) is 10.5. The van der Waals surface area contributed by atoms with E-state index in [0.717, 1.165) is 6.42 Å². The highest BCUT2D eigenvalue weighted by Crippen LogP contribution is 2.13. The second-order valence-corrected chi connectivity index (χ2v) is 6.90. The molecule has 0 heterocycles. The minimum Gasteiger partial charge on any atom is -0.319 e. The van der Waals surface area contributed by atoms with Gasteiger partial charge in [0.25, 0.3) is 0 Å². The molecule has 1 atom stereocenters. The molecule has 0 fully saturated rings. The normalized spacial score (nSPS) is 15.8. The maximum Gasteiger partial charge on any atom is 0.152 e. The van der Waals surface area contributed by atoms with Crippen LogP contribution >= 0.6 is 0 Å². The van der Waals surface area contributed by atoms with Gasteiger partial charge in [-0.15, -0.1) is 0 Å². The molecule has 0 aliphatic heterocycles. The number of sulfone groups is 1. The Morgan fingerprint density at radius 2 is 1.88 bits per heavy atom. The van der Waals surface area contributed by atoms with E-state index >= 15 is 0 Å². The maximum atomic E-state index is 11.7. The van der Waals surface area contributed by atoms with Crippen molar-refractivity contribution in [2.45, 2.75) is 52.0 Å². The number of carbonyl (C=O) groups excluding carboxylic acids is 1. The summed E-state index contributed by atoms with van der Waals surface area (Å²) < 4.78 is 22.4. The lowest BCUT2D eigenvalue weighted by atomic mass is 9.90. The van der Waals surface area contributed by atoms with Crippen molar-refractivity contribution in [2.75, 3.05) is 11.5 Å². The molecule has 0 bridgehead atoms. The number of ketones is 1. The topological polar surface area (TPSA) is 77.2 Å².